The second-order valence-electron chi connectivity index (χ2n) is 5.97. The first-order chi connectivity index (χ1) is 12.7. The van der Waals surface area contributed by atoms with E-state index in [1.807, 2.05) is 0 Å². The highest BCUT2D eigenvalue weighted by molar-refractivity contribution is 7.92. The maximum absolute atomic E-state index is 12.2. The lowest BCUT2D eigenvalue weighted by atomic mass is 10.1. The van der Waals surface area contributed by atoms with Crippen LogP contribution >= 0.6 is 0 Å². The fourth-order valence-corrected chi connectivity index (χ4v) is 3.40. The smallest absolute Gasteiger partial charge is 0.232 e. The van der Waals surface area contributed by atoms with Crippen LogP contribution in [0.1, 0.15) is 23.7 Å². The number of ketones is 1. The first-order valence-electron chi connectivity index (χ1n) is 8.23. The molecule has 0 radical (unpaired) electrons. The van der Waals surface area contributed by atoms with Gasteiger partial charge in [-0.05, 0) is 43.3 Å². The van der Waals surface area contributed by atoms with Gasteiger partial charge in [0.2, 0.25) is 15.9 Å². The Morgan fingerprint density at radius 2 is 1.78 bits per heavy atom. The van der Waals surface area contributed by atoms with Gasteiger partial charge >= 0.3 is 0 Å². The Labute approximate surface area is 159 Å². The van der Waals surface area contributed by atoms with Crippen molar-refractivity contribution in [1.29, 1.82) is 0 Å². The van der Waals surface area contributed by atoms with Crippen LogP contribution in [0.15, 0.2) is 48.5 Å². The van der Waals surface area contributed by atoms with E-state index in [1.165, 1.54) is 14.0 Å². The van der Waals surface area contributed by atoms with Crippen molar-refractivity contribution < 1.29 is 22.7 Å². The third kappa shape index (κ3) is 5.82. The average molecular weight is 390 g/mol. The lowest BCUT2D eigenvalue weighted by Crippen LogP contribution is -2.33. The zero-order valence-electron chi connectivity index (χ0n) is 15.4. The molecule has 0 unspecified atom stereocenters. The fraction of sp³-hybridized carbons (Fsp3) is 0.263. The Balaban J connectivity index is 2.08. The molecule has 0 bridgehead atoms. The number of nitrogens with one attached hydrogen (secondary N) is 1. The maximum Gasteiger partial charge on any atom is 0.232 e. The van der Waals surface area contributed by atoms with Crippen LogP contribution in [0.5, 0.6) is 5.75 Å². The monoisotopic (exact) mass is 390 g/mol. The number of ether oxygens (including phenoxy) is 1. The third-order valence-electron chi connectivity index (χ3n) is 3.86. The Hall–Kier alpha value is -2.87. The van der Waals surface area contributed by atoms with Gasteiger partial charge in [-0.25, -0.2) is 8.42 Å². The highest BCUT2D eigenvalue weighted by atomic mass is 32.2. The summed E-state index contributed by atoms with van der Waals surface area (Å²) < 4.78 is 30.5. The van der Waals surface area contributed by atoms with Gasteiger partial charge in [-0.1, -0.05) is 6.07 Å². The van der Waals surface area contributed by atoms with Crippen molar-refractivity contribution in [3.63, 3.8) is 0 Å². The van der Waals surface area contributed by atoms with Gasteiger partial charge in [-0.2, -0.15) is 0 Å². The predicted octanol–water partition coefficient (Wildman–Crippen LogP) is 2.69. The molecule has 0 aromatic heterocycles. The van der Waals surface area contributed by atoms with E-state index in [0.717, 1.165) is 10.6 Å². The third-order valence-corrected chi connectivity index (χ3v) is 5.05. The Bertz CT molecular complexity index is 923. The summed E-state index contributed by atoms with van der Waals surface area (Å²) in [5.74, 6) is 0.179. The summed E-state index contributed by atoms with van der Waals surface area (Å²) in [6.07, 6.45) is 1.05. The van der Waals surface area contributed by atoms with Gasteiger partial charge in [0.15, 0.2) is 5.78 Å². The average Bonchev–Trinajstić information content (AvgIpc) is 2.61. The number of nitrogens with zero attached hydrogens (tertiary/aromatic N) is 1. The summed E-state index contributed by atoms with van der Waals surface area (Å²) in [6.45, 7) is 1.42. The maximum atomic E-state index is 12.2. The number of anilines is 2. The molecule has 0 aliphatic carbocycles. The number of benzene rings is 2. The van der Waals surface area contributed by atoms with E-state index in [4.69, 9.17) is 4.74 Å². The Kier molecular flexibility index (Phi) is 6.57. The standard InChI is InChI=1S/C19H22N2O5S/c1-14(22)15-7-9-17(10-8-15)21(27(3,24)25)12-11-19(23)20-16-5-4-6-18(13-16)26-2/h4-10,13H,11-12H2,1-3H3,(H,20,23). The molecule has 2 rings (SSSR count). The molecule has 0 heterocycles. The molecule has 1 amide bonds. The quantitative estimate of drug-likeness (QED) is 0.700. The summed E-state index contributed by atoms with van der Waals surface area (Å²) in [7, 11) is -2.05. The number of amides is 1. The highest BCUT2D eigenvalue weighted by Crippen LogP contribution is 2.20. The van der Waals surface area contributed by atoms with Crippen molar-refractivity contribution in [2.75, 3.05) is 29.5 Å². The molecule has 0 saturated heterocycles. The fourth-order valence-electron chi connectivity index (χ4n) is 2.48. The van der Waals surface area contributed by atoms with E-state index in [0.29, 0.717) is 22.7 Å². The molecule has 0 aliphatic rings. The minimum atomic E-state index is -3.58. The van der Waals surface area contributed by atoms with Gasteiger partial charge in [0.25, 0.3) is 0 Å². The van der Waals surface area contributed by atoms with Gasteiger partial charge in [-0.3, -0.25) is 13.9 Å². The van der Waals surface area contributed by atoms with Gasteiger partial charge in [-0.15, -0.1) is 0 Å². The van der Waals surface area contributed by atoms with Crippen LogP contribution in [0.2, 0.25) is 0 Å². The van der Waals surface area contributed by atoms with E-state index in [-0.39, 0.29) is 24.7 Å². The second-order valence-corrected chi connectivity index (χ2v) is 7.88. The number of hydrogen-bond acceptors (Lipinski definition) is 5. The van der Waals surface area contributed by atoms with Crippen LogP contribution in [-0.2, 0) is 14.8 Å². The highest BCUT2D eigenvalue weighted by Gasteiger charge is 2.19. The van der Waals surface area contributed by atoms with Crippen molar-refractivity contribution in [3.8, 4) is 5.75 Å². The lowest BCUT2D eigenvalue weighted by Gasteiger charge is -2.22. The topological polar surface area (TPSA) is 92.8 Å². The minimum absolute atomic E-state index is 0.0198. The molecular formula is C19H22N2O5S. The summed E-state index contributed by atoms with van der Waals surface area (Å²) in [5.41, 5.74) is 1.45. The lowest BCUT2D eigenvalue weighted by molar-refractivity contribution is -0.116. The zero-order chi connectivity index (χ0) is 20.0. The zero-order valence-corrected chi connectivity index (χ0v) is 16.2. The molecule has 2 aromatic carbocycles. The van der Waals surface area contributed by atoms with Crippen molar-refractivity contribution in [3.05, 3.63) is 54.1 Å². The molecular weight excluding hydrogens is 368 g/mol. The number of carbonyl (C=O) groups is 2. The number of methoxy groups -OCH3 is 1. The second kappa shape index (κ2) is 8.68. The molecule has 0 spiro atoms. The van der Waals surface area contributed by atoms with Gasteiger partial charge in [0, 0.05) is 30.3 Å². The largest absolute Gasteiger partial charge is 0.497 e. The van der Waals surface area contributed by atoms with Crippen LogP contribution in [0, 0.1) is 0 Å². The molecule has 7 nitrogen and oxygen atoms in total. The summed E-state index contributed by atoms with van der Waals surface area (Å²) in [4.78, 5) is 23.6. The molecule has 27 heavy (non-hydrogen) atoms. The minimum Gasteiger partial charge on any atom is -0.497 e. The van der Waals surface area contributed by atoms with E-state index in [9.17, 15) is 18.0 Å². The molecule has 0 aliphatic heterocycles. The van der Waals surface area contributed by atoms with Crippen LogP contribution in [0.4, 0.5) is 11.4 Å². The summed E-state index contributed by atoms with van der Waals surface area (Å²) in [6, 6.07) is 13.1. The van der Waals surface area contributed by atoms with E-state index in [1.54, 1.807) is 48.5 Å². The van der Waals surface area contributed by atoms with Crippen molar-refractivity contribution in [1.82, 2.24) is 0 Å². The number of carbonyl (C=O) groups excluding carboxylic acids is 2. The van der Waals surface area contributed by atoms with Crippen LogP contribution < -0.4 is 14.4 Å². The normalized spacial score (nSPS) is 10.9. The first kappa shape index (κ1) is 20.4. The molecule has 0 saturated carbocycles. The number of rotatable bonds is 8. The van der Waals surface area contributed by atoms with E-state index >= 15 is 0 Å². The number of Topliss-reactive ketones (excluding diaryl/α,β-unsaturated/α-hetero) is 1. The molecule has 144 valence electrons. The Morgan fingerprint density at radius 3 is 2.33 bits per heavy atom. The Morgan fingerprint density at radius 1 is 1.11 bits per heavy atom. The van der Waals surface area contributed by atoms with Crippen LogP contribution in [0.25, 0.3) is 0 Å². The molecule has 1 N–H and O–H groups in total. The molecule has 8 heteroatoms. The summed E-state index contributed by atoms with van der Waals surface area (Å²) in [5, 5.41) is 2.71. The SMILES string of the molecule is COc1cccc(NC(=O)CCN(c2ccc(C(C)=O)cc2)S(C)(=O)=O)c1. The molecule has 0 atom stereocenters. The van der Waals surface area contributed by atoms with E-state index < -0.39 is 10.0 Å². The van der Waals surface area contributed by atoms with Gasteiger partial charge < -0.3 is 10.1 Å². The van der Waals surface area contributed by atoms with Crippen molar-refractivity contribution >= 4 is 33.1 Å². The van der Waals surface area contributed by atoms with Crippen LogP contribution in [-0.4, -0.2) is 40.0 Å². The van der Waals surface area contributed by atoms with Gasteiger partial charge in [0.1, 0.15) is 5.75 Å². The molecule has 0 fully saturated rings. The first-order valence-corrected chi connectivity index (χ1v) is 10.1. The predicted molar refractivity (Wildman–Crippen MR) is 105 cm³/mol. The number of hydrogen-bond donors (Lipinski definition) is 1. The van der Waals surface area contributed by atoms with Crippen molar-refractivity contribution in [2.45, 2.75) is 13.3 Å². The van der Waals surface area contributed by atoms with Crippen molar-refractivity contribution in [2.24, 2.45) is 0 Å². The summed E-state index contributed by atoms with van der Waals surface area (Å²) >= 11 is 0. The van der Waals surface area contributed by atoms with Crippen LogP contribution in [0.3, 0.4) is 0 Å². The van der Waals surface area contributed by atoms with Gasteiger partial charge in [0.05, 0.1) is 19.1 Å². The molecule has 2 aromatic rings. The van der Waals surface area contributed by atoms with E-state index in [2.05, 4.69) is 5.32 Å². The number of sulfonamides is 1.